The van der Waals surface area contributed by atoms with Crippen LogP contribution >= 0.6 is 0 Å². The van der Waals surface area contributed by atoms with Crippen LogP contribution in [0.25, 0.3) is 5.52 Å². The highest BCUT2D eigenvalue weighted by Gasteiger charge is 2.52. The lowest BCUT2D eigenvalue weighted by Crippen LogP contribution is -2.55. The third-order valence-electron chi connectivity index (χ3n) is 5.41. The summed E-state index contributed by atoms with van der Waals surface area (Å²) < 4.78 is 13.7. The predicted octanol–water partition coefficient (Wildman–Crippen LogP) is 1.85. The first-order valence-electron chi connectivity index (χ1n) is 7.82. The molecule has 22 heavy (non-hydrogen) atoms. The lowest BCUT2D eigenvalue weighted by atomic mass is 9.65. The third-order valence-corrected chi connectivity index (χ3v) is 5.41. The standard InChI is InChI=1S/C16H22N4O2/c1-11-12-13(17)18-7-8-20(12)14(19-11)15-3-5-16(6-4-15,10-21-2)22-9-15/h7-8H,3-6,9-10H2,1-2H3,(H2,17,18). The Bertz CT molecular complexity index is 700. The number of hydrogen-bond acceptors (Lipinski definition) is 5. The van der Waals surface area contributed by atoms with Crippen molar-refractivity contribution in [2.45, 2.75) is 43.6 Å². The fourth-order valence-electron chi connectivity index (χ4n) is 4.12. The van der Waals surface area contributed by atoms with E-state index in [2.05, 4.69) is 9.38 Å². The van der Waals surface area contributed by atoms with Crippen molar-refractivity contribution < 1.29 is 9.47 Å². The minimum atomic E-state index is -0.0841. The second-order valence-electron chi connectivity index (χ2n) is 6.74. The van der Waals surface area contributed by atoms with E-state index in [0.717, 1.165) is 42.7 Å². The van der Waals surface area contributed by atoms with Crippen LogP contribution in [0.2, 0.25) is 0 Å². The number of aromatic nitrogens is 3. The van der Waals surface area contributed by atoms with Crippen molar-refractivity contribution >= 4 is 11.3 Å². The number of nitrogens with zero attached hydrogens (tertiary/aromatic N) is 3. The Kier molecular flexibility index (Phi) is 2.96. The number of fused-ring (bicyclic) bond motifs is 4. The first-order chi connectivity index (χ1) is 10.6. The van der Waals surface area contributed by atoms with E-state index in [1.807, 2.05) is 13.1 Å². The van der Waals surface area contributed by atoms with Crippen LogP contribution < -0.4 is 5.73 Å². The number of imidazole rings is 1. The van der Waals surface area contributed by atoms with Gasteiger partial charge in [-0.05, 0) is 32.6 Å². The molecule has 1 saturated carbocycles. The molecule has 118 valence electrons. The molecule has 2 aliphatic heterocycles. The minimum absolute atomic E-state index is 0.0134. The van der Waals surface area contributed by atoms with Crippen molar-refractivity contribution in [3.05, 3.63) is 23.9 Å². The van der Waals surface area contributed by atoms with Gasteiger partial charge in [-0.3, -0.25) is 4.40 Å². The van der Waals surface area contributed by atoms with Crippen LogP contribution in [0.5, 0.6) is 0 Å². The Morgan fingerprint density at radius 2 is 2.14 bits per heavy atom. The minimum Gasteiger partial charge on any atom is -0.382 e. The van der Waals surface area contributed by atoms with Gasteiger partial charge in [-0.25, -0.2) is 9.97 Å². The van der Waals surface area contributed by atoms with Crippen LogP contribution in [0, 0.1) is 6.92 Å². The molecule has 5 rings (SSSR count). The zero-order valence-electron chi connectivity index (χ0n) is 13.1. The molecule has 1 aliphatic carbocycles. The smallest absolute Gasteiger partial charge is 0.149 e. The molecular formula is C16H22N4O2. The summed E-state index contributed by atoms with van der Waals surface area (Å²) in [6.45, 7) is 3.38. The molecule has 0 unspecified atom stereocenters. The number of ether oxygens (including phenoxy) is 2. The molecule has 0 radical (unpaired) electrons. The van der Waals surface area contributed by atoms with Crippen molar-refractivity contribution in [3.63, 3.8) is 0 Å². The molecule has 4 heterocycles. The second kappa shape index (κ2) is 4.67. The van der Waals surface area contributed by atoms with Gasteiger partial charge in [0.1, 0.15) is 17.2 Å². The van der Waals surface area contributed by atoms with Gasteiger partial charge < -0.3 is 15.2 Å². The lowest BCUT2D eigenvalue weighted by molar-refractivity contribution is -0.181. The molecule has 2 N–H and O–H groups in total. The van der Waals surface area contributed by atoms with E-state index in [1.165, 1.54) is 0 Å². The Labute approximate surface area is 129 Å². The number of methoxy groups -OCH3 is 1. The van der Waals surface area contributed by atoms with E-state index in [1.54, 1.807) is 13.3 Å². The van der Waals surface area contributed by atoms with Crippen LogP contribution in [-0.2, 0) is 14.9 Å². The van der Waals surface area contributed by atoms with E-state index < -0.39 is 0 Å². The zero-order valence-corrected chi connectivity index (χ0v) is 13.1. The molecule has 0 aromatic carbocycles. The maximum atomic E-state index is 6.23. The average molecular weight is 302 g/mol. The summed E-state index contributed by atoms with van der Waals surface area (Å²) in [6, 6.07) is 0. The molecule has 2 aromatic rings. The normalized spacial score (nSPS) is 31.0. The highest BCUT2D eigenvalue weighted by Crippen LogP contribution is 2.50. The van der Waals surface area contributed by atoms with Gasteiger partial charge in [0.05, 0.1) is 29.9 Å². The predicted molar refractivity (Wildman–Crippen MR) is 82.8 cm³/mol. The first-order valence-corrected chi connectivity index (χ1v) is 7.82. The molecule has 2 saturated heterocycles. The average Bonchev–Trinajstić information content (AvgIpc) is 2.88. The van der Waals surface area contributed by atoms with Gasteiger partial charge in [-0.15, -0.1) is 0 Å². The molecule has 2 aromatic heterocycles. The van der Waals surface area contributed by atoms with E-state index in [-0.39, 0.29) is 11.0 Å². The van der Waals surface area contributed by atoms with Gasteiger partial charge in [0.2, 0.25) is 0 Å². The van der Waals surface area contributed by atoms with Crippen molar-refractivity contribution in [3.8, 4) is 0 Å². The highest BCUT2D eigenvalue weighted by atomic mass is 16.5. The van der Waals surface area contributed by atoms with Crippen LogP contribution in [0.4, 0.5) is 5.82 Å². The van der Waals surface area contributed by atoms with E-state index in [9.17, 15) is 0 Å². The molecule has 6 nitrogen and oxygen atoms in total. The maximum Gasteiger partial charge on any atom is 0.149 e. The van der Waals surface area contributed by atoms with Crippen LogP contribution in [0.1, 0.15) is 37.2 Å². The Balaban J connectivity index is 1.77. The molecule has 3 fully saturated rings. The fraction of sp³-hybridized carbons (Fsp3) is 0.625. The summed E-state index contributed by atoms with van der Waals surface area (Å²) in [5.74, 6) is 1.61. The van der Waals surface area contributed by atoms with E-state index >= 15 is 0 Å². The summed E-state index contributed by atoms with van der Waals surface area (Å²) >= 11 is 0. The highest BCUT2D eigenvalue weighted by molar-refractivity contribution is 5.69. The number of nitrogens with two attached hydrogens (primary N) is 1. The maximum absolute atomic E-state index is 6.23. The van der Waals surface area contributed by atoms with E-state index in [4.69, 9.17) is 20.2 Å². The topological polar surface area (TPSA) is 74.7 Å². The molecule has 6 heteroatoms. The summed E-state index contributed by atoms with van der Waals surface area (Å²) in [5, 5.41) is 0. The zero-order chi connectivity index (χ0) is 15.4. The van der Waals surface area contributed by atoms with Crippen molar-refractivity contribution in [1.82, 2.24) is 14.4 Å². The SMILES string of the molecule is COCC12CCC(c3nc(C)c4c(N)nccn34)(CC1)CO2. The summed E-state index contributed by atoms with van der Waals surface area (Å²) in [7, 11) is 1.75. The quantitative estimate of drug-likeness (QED) is 0.936. The van der Waals surface area contributed by atoms with Gasteiger partial charge in [0.15, 0.2) is 0 Å². The Morgan fingerprint density at radius 3 is 2.77 bits per heavy atom. The summed E-state index contributed by atoms with van der Waals surface area (Å²) in [6.07, 6.45) is 7.91. The molecule has 0 amide bonds. The molecular weight excluding hydrogens is 280 g/mol. The fourth-order valence-corrected chi connectivity index (χ4v) is 4.12. The van der Waals surface area contributed by atoms with E-state index in [0.29, 0.717) is 19.0 Å². The van der Waals surface area contributed by atoms with Gasteiger partial charge in [-0.1, -0.05) is 0 Å². The largest absolute Gasteiger partial charge is 0.382 e. The molecule has 0 spiro atoms. The van der Waals surface area contributed by atoms with Crippen molar-refractivity contribution in [1.29, 1.82) is 0 Å². The van der Waals surface area contributed by atoms with Gasteiger partial charge in [0, 0.05) is 19.5 Å². The molecule has 3 aliphatic rings. The van der Waals surface area contributed by atoms with Crippen LogP contribution in [-0.4, -0.2) is 40.3 Å². The Hall–Kier alpha value is -1.66. The summed E-state index contributed by atoms with van der Waals surface area (Å²) in [4.78, 5) is 9.03. The number of aryl methyl sites for hydroxylation is 1. The second-order valence-corrected chi connectivity index (χ2v) is 6.74. The van der Waals surface area contributed by atoms with Gasteiger partial charge in [0.25, 0.3) is 0 Å². The monoisotopic (exact) mass is 302 g/mol. The van der Waals surface area contributed by atoms with Crippen LogP contribution in [0.15, 0.2) is 12.4 Å². The van der Waals surface area contributed by atoms with Crippen LogP contribution in [0.3, 0.4) is 0 Å². The third kappa shape index (κ3) is 1.80. The number of hydrogen-bond donors (Lipinski definition) is 1. The summed E-state index contributed by atoms with van der Waals surface area (Å²) in [5.41, 5.74) is 7.80. The Morgan fingerprint density at radius 1 is 1.36 bits per heavy atom. The van der Waals surface area contributed by atoms with Crippen molar-refractivity contribution in [2.24, 2.45) is 0 Å². The molecule has 2 bridgehead atoms. The van der Waals surface area contributed by atoms with Gasteiger partial charge >= 0.3 is 0 Å². The number of anilines is 1. The number of rotatable bonds is 3. The first kappa shape index (κ1) is 14.0. The lowest BCUT2D eigenvalue weighted by Gasteiger charge is -2.52. The molecule has 0 atom stereocenters. The van der Waals surface area contributed by atoms with Gasteiger partial charge in [-0.2, -0.15) is 0 Å². The number of nitrogen functional groups attached to an aromatic ring is 1. The van der Waals surface area contributed by atoms with Crippen molar-refractivity contribution in [2.75, 3.05) is 26.1 Å².